The van der Waals surface area contributed by atoms with E-state index in [0.717, 1.165) is 22.9 Å². The van der Waals surface area contributed by atoms with Crippen molar-refractivity contribution in [2.45, 2.75) is 59.0 Å². The molecule has 0 bridgehead atoms. The van der Waals surface area contributed by atoms with Gasteiger partial charge in [-0.2, -0.15) is 0 Å². The first kappa shape index (κ1) is 22.9. The molecule has 0 aliphatic heterocycles. The average molecular weight is 417 g/mol. The number of hydrogen-bond acceptors (Lipinski definition) is 3. The summed E-state index contributed by atoms with van der Waals surface area (Å²) in [4.78, 5) is 13.2. The van der Waals surface area contributed by atoms with E-state index in [2.05, 4.69) is 5.32 Å². The number of amides is 1. The Hall–Kier alpha value is -2.34. The van der Waals surface area contributed by atoms with Gasteiger partial charge in [0.1, 0.15) is 6.04 Å². The largest absolute Gasteiger partial charge is 0.349 e. The van der Waals surface area contributed by atoms with Gasteiger partial charge in [0.05, 0.1) is 11.9 Å². The number of carbonyl (C=O) groups is 1. The van der Waals surface area contributed by atoms with Gasteiger partial charge in [-0.25, -0.2) is 8.42 Å². The molecule has 0 aliphatic carbocycles. The molecule has 5 nitrogen and oxygen atoms in total. The number of carbonyl (C=O) groups excluding carboxylic acids is 1. The summed E-state index contributed by atoms with van der Waals surface area (Å²) in [6.07, 6.45) is 2.17. The Morgan fingerprint density at radius 2 is 1.72 bits per heavy atom. The Morgan fingerprint density at radius 1 is 1.10 bits per heavy atom. The number of sulfonamides is 1. The Balaban J connectivity index is 2.34. The summed E-state index contributed by atoms with van der Waals surface area (Å²) >= 11 is 0. The van der Waals surface area contributed by atoms with E-state index < -0.39 is 21.6 Å². The standard InChI is InChI=1S/C23H32N2O3S/c1-7-20(22(26)24-23(4,5)16-19-11-9-8-10-12-19)25(29(6,27)28)21-15-17(2)13-14-18(21)3/h8-15,20H,7,16H2,1-6H3,(H,24,26). The normalized spacial score (nSPS) is 13.0. The van der Waals surface area contributed by atoms with Gasteiger partial charge in [0, 0.05) is 5.54 Å². The van der Waals surface area contributed by atoms with Crippen molar-refractivity contribution in [3.8, 4) is 0 Å². The van der Waals surface area contributed by atoms with E-state index in [4.69, 9.17) is 0 Å². The molecule has 2 aromatic rings. The Labute approximate surface area is 175 Å². The molecule has 0 fully saturated rings. The van der Waals surface area contributed by atoms with Gasteiger partial charge in [-0.15, -0.1) is 0 Å². The van der Waals surface area contributed by atoms with Crippen molar-refractivity contribution >= 4 is 21.6 Å². The molecule has 0 spiro atoms. The van der Waals surface area contributed by atoms with Crippen molar-refractivity contribution < 1.29 is 13.2 Å². The molecule has 0 radical (unpaired) electrons. The molecule has 2 rings (SSSR count). The zero-order chi connectivity index (χ0) is 21.8. The number of benzene rings is 2. The van der Waals surface area contributed by atoms with Gasteiger partial charge in [-0.1, -0.05) is 49.4 Å². The number of nitrogens with one attached hydrogen (secondary N) is 1. The van der Waals surface area contributed by atoms with Gasteiger partial charge in [0.15, 0.2) is 0 Å². The highest BCUT2D eigenvalue weighted by molar-refractivity contribution is 7.92. The first-order valence-corrected chi connectivity index (χ1v) is 11.7. The van der Waals surface area contributed by atoms with Gasteiger partial charge in [-0.05, 0) is 63.3 Å². The molecule has 6 heteroatoms. The van der Waals surface area contributed by atoms with Crippen LogP contribution in [0.25, 0.3) is 0 Å². The molecule has 29 heavy (non-hydrogen) atoms. The number of rotatable bonds is 8. The van der Waals surface area contributed by atoms with Crippen molar-refractivity contribution in [1.82, 2.24) is 5.32 Å². The predicted octanol–water partition coefficient (Wildman–Crippen LogP) is 3.99. The fourth-order valence-electron chi connectivity index (χ4n) is 3.56. The lowest BCUT2D eigenvalue weighted by Gasteiger charge is -2.35. The molecular formula is C23H32N2O3S. The molecule has 0 heterocycles. The second-order valence-electron chi connectivity index (χ2n) is 8.31. The van der Waals surface area contributed by atoms with E-state index in [1.54, 1.807) is 0 Å². The molecular weight excluding hydrogens is 384 g/mol. The van der Waals surface area contributed by atoms with E-state index in [0.29, 0.717) is 18.5 Å². The summed E-state index contributed by atoms with van der Waals surface area (Å²) < 4.78 is 26.7. The van der Waals surface area contributed by atoms with Gasteiger partial charge >= 0.3 is 0 Å². The number of aryl methyl sites for hydroxylation is 2. The summed E-state index contributed by atoms with van der Waals surface area (Å²) in [5.74, 6) is -0.292. The molecule has 1 N–H and O–H groups in total. The molecule has 1 unspecified atom stereocenters. The van der Waals surface area contributed by atoms with E-state index in [1.807, 2.05) is 83.1 Å². The van der Waals surface area contributed by atoms with Gasteiger partial charge in [0.2, 0.25) is 15.9 Å². The number of hydrogen-bond donors (Lipinski definition) is 1. The van der Waals surface area contributed by atoms with Crippen LogP contribution in [0.5, 0.6) is 0 Å². The number of anilines is 1. The smallest absolute Gasteiger partial charge is 0.244 e. The van der Waals surface area contributed by atoms with Crippen molar-refractivity contribution in [3.63, 3.8) is 0 Å². The maximum absolute atomic E-state index is 13.2. The summed E-state index contributed by atoms with van der Waals surface area (Å²) in [7, 11) is -3.66. The summed E-state index contributed by atoms with van der Waals surface area (Å²) in [5.41, 5.74) is 2.90. The third-order valence-electron chi connectivity index (χ3n) is 4.88. The van der Waals surface area contributed by atoms with Crippen molar-refractivity contribution in [3.05, 3.63) is 65.2 Å². The highest BCUT2D eigenvalue weighted by Gasteiger charge is 2.34. The fourth-order valence-corrected chi connectivity index (χ4v) is 4.82. The molecule has 1 amide bonds. The maximum atomic E-state index is 13.2. The van der Waals surface area contributed by atoms with Crippen LogP contribution >= 0.6 is 0 Å². The first-order valence-electron chi connectivity index (χ1n) is 9.87. The monoisotopic (exact) mass is 416 g/mol. The molecule has 2 aromatic carbocycles. The summed E-state index contributed by atoms with van der Waals surface area (Å²) in [5, 5.41) is 3.07. The van der Waals surface area contributed by atoms with E-state index >= 15 is 0 Å². The Kier molecular flexibility index (Phi) is 7.11. The third-order valence-corrected chi connectivity index (χ3v) is 6.05. The lowest BCUT2D eigenvalue weighted by molar-refractivity contribution is -0.123. The van der Waals surface area contributed by atoms with Gasteiger partial charge in [0.25, 0.3) is 0 Å². The molecule has 0 aromatic heterocycles. The zero-order valence-corrected chi connectivity index (χ0v) is 19.0. The minimum absolute atomic E-state index is 0.292. The lowest BCUT2D eigenvalue weighted by Crippen LogP contribution is -2.55. The molecule has 1 atom stereocenters. The Morgan fingerprint density at radius 3 is 2.28 bits per heavy atom. The molecule has 0 aliphatic rings. The molecule has 0 saturated heterocycles. The van der Waals surface area contributed by atoms with Crippen molar-refractivity contribution in [2.75, 3.05) is 10.6 Å². The maximum Gasteiger partial charge on any atom is 0.244 e. The second-order valence-corrected chi connectivity index (χ2v) is 10.2. The minimum Gasteiger partial charge on any atom is -0.349 e. The molecule has 158 valence electrons. The van der Waals surface area contributed by atoms with Gasteiger partial charge < -0.3 is 5.32 Å². The topological polar surface area (TPSA) is 66.5 Å². The fraction of sp³-hybridized carbons (Fsp3) is 0.435. The van der Waals surface area contributed by atoms with Crippen LogP contribution in [0.15, 0.2) is 48.5 Å². The van der Waals surface area contributed by atoms with Crippen LogP contribution in [-0.4, -0.2) is 32.2 Å². The van der Waals surface area contributed by atoms with Gasteiger partial charge in [-0.3, -0.25) is 9.10 Å². The average Bonchev–Trinajstić information content (AvgIpc) is 2.60. The van der Waals surface area contributed by atoms with Crippen LogP contribution in [-0.2, 0) is 21.2 Å². The summed E-state index contributed by atoms with van der Waals surface area (Å²) in [6, 6.07) is 14.7. The Bertz CT molecular complexity index is 953. The molecule has 0 saturated carbocycles. The third kappa shape index (κ3) is 6.07. The first-order chi connectivity index (χ1) is 13.4. The van der Waals surface area contributed by atoms with Crippen LogP contribution in [0.2, 0.25) is 0 Å². The van der Waals surface area contributed by atoms with Crippen LogP contribution in [0, 0.1) is 13.8 Å². The van der Waals surface area contributed by atoms with Crippen LogP contribution in [0.3, 0.4) is 0 Å². The van der Waals surface area contributed by atoms with E-state index in [-0.39, 0.29) is 5.91 Å². The van der Waals surface area contributed by atoms with Crippen LogP contribution in [0.4, 0.5) is 5.69 Å². The van der Waals surface area contributed by atoms with Crippen LogP contribution in [0.1, 0.15) is 43.9 Å². The quantitative estimate of drug-likeness (QED) is 0.708. The van der Waals surface area contributed by atoms with Crippen molar-refractivity contribution in [2.24, 2.45) is 0 Å². The predicted molar refractivity (Wildman–Crippen MR) is 120 cm³/mol. The van der Waals surface area contributed by atoms with E-state index in [1.165, 1.54) is 4.31 Å². The minimum atomic E-state index is -3.66. The number of nitrogens with zero attached hydrogens (tertiary/aromatic N) is 1. The van der Waals surface area contributed by atoms with Crippen LogP contribution < -0.4 is 9.62 Å². The van der Waals surface area contributed by atoms with E-state index in [9.17, 15) is 13.2 Å². The lowest BCUT2D eigenvalue weighted by atomic mass is 9.94. The summed E-state index contributed by atoms with van der Waals surface area (Å²) in [6.45, 7) is 9.50. The van der Waals surface area contributed by atoms with Crippen molar-refractivity contribution in [1.29, 1.82) is 0 Å². The highest BCUT2D eigenvalue weighted by Crippen LogP contribution is 2.28. The second kappa shape index (κ2) is 8.99. The highest BCUT2D eigenvalue weighted by atomic mass is 32.2. The SMILES string of the molecule is CCC(C(=O)NC(C)(C)Cc1ccccc1)N(c1cc(C)ccc1C)S(C)(=O)=O. The zero-order valence-electron chi connectivity index (χ0n) is 18.2.